The third kappa shape index (κ3) is 4.74. The number of carbonyl (C=O) groups excluding carboxylic acids is 1. The summed E-state index contributed by atoms with van der Waals surface area (Å²) in [6.45, 7) is 2.52. The fraction of sp³-hybridized carbons (Fsp3) is 0.316. The van der Waals surface area contributed by atoms with Gasteiger partial charge in [0.15, 0.2) is 0 Å². The standard InChI is InChI=1S/C19H21Cl2N3O2/c1-26-16-5-3-15(4-6-16)24-9-8-13(12-24)11-22-19(25)23-14-2-7-17(20)18(21)10-14/h2-7,10,13H,8-9,11-12H2,1H3,(H2,22,23,25). The summed E-state index contributed by atoms with van der Waals surface area (Å²) in [6.07, 6.45) is 1.04. The Hall–Kier alpha value is -2.11. The topological polar surface area (TPSA) is 53.6 Å². The van der Waals surface area contributed by atoms with E-state index in [-0.39, 0.29) is 6.03 Å². The van der Waals surface area contributed by atoms with Gasteiger partial charge in [0.2, 0.25) is 0 Å². The van der Waals surface area contributed by atoms with Crippen LogP contribution in [0, 0.1) is 5.92 Å². The summed E-state index contributed by atoms with van der Waals surface area (Å²) in [7, 11) is 1.66. The van der Waals surface area contributed by atoms with E-state index in [1.807, 2.05) is 12.1 Å². The van der Waals surface area contributed by atoms with Crippen LogP contribution in [-0.2, 0) is 0 Å². The van der Waals surface area contributed by atoms with Crippen molar-refractivity contribution in [2.24, 2.45) is 5.92 Å². The first-order valence-corrected chi connectivity index (χ1v) is 9.19. The molecule has 2 N–H and O–H groups in total. The molecule has 2 aromatic rings. The predicted molar refractivity (Wildman–Crippen MR) is 107 cm³/mol. The van der Waals surface area contributed by atoms with Crippen molar-refractivity contribution >= 4 is 40.6 Å². The van der Waals surface area contributed by atoms with Gasteiger partial charge < -0.3 is 20.3 Å². The van der Waals surface area contributed by atoms with Crippen LogP contribution >= 0.6 is 23.2 Å². The monoisotopic (exact) mass is 393 g/mol. The first-order valence-electron chi connectivity index (χ1n) is 8.44. The summed E-state index contributed by atoms with van der Waals surface area (Å²) in [4.78, 5) is 14.4. The molecule has 1 fully saturated rings. The number of halogens is 2. The molecule has 1 atom stereocenters. The Labute approximate surface area is 163 Å². The number of rotatable bonds is 5. The third-order valence-electron chi connectivity index (χ3n) is 4.45. The Morgan fingerprint density at radius 2 is 1.96 bits per heavy atom. The molecule has 26 heavy (non-hydrogen) atoms. The average molecular weight is 394 g/mol. The molecule has 1 saturated heterocycles. The SMILES string of the molecule is COc1ccc(N2CCC(CNC(=O)Nc3ccc(Cl)c(Cl)c3)C2)cc1. The number of hydrogen-bond donors (Lipinski definition) is 2. The largest absolute Gasteiger partial charge is 0.497 e. The van der Waals surface area contributed by atoms with Gasteiger partial charge in [0.25, 0.3) is 0 Å². The van der Waals surface area contributed by atoms with Gasteiger partial charge in [0.1, 0.15) is 5.75 Å². The minimum absolute atomic E-state index is 0.244. The van der Waals surface area contributed by atoms with E-state index in [1.54, 1.807) is 25.3 Å². The number of anilines is 2. The van der Waals surface area contributed by atoms with Gasteiger partial charge in [0.05, 0.1) is 17.2 Å². The molecule has 0 spiro atoms. The Bertz CT molecular complexity index is 768. The molecule has 0 aromatic heterocycles. The van der Waals surface area contributed by atoms with Gasteiger partial charge >= 0.3 is 6.03 Å². The molecule has 5 nitrogen and oxygen atoms in total. The zero-order chi connectivity index (χ0) is 18.5. The molecule has 0 saturated carbocycles. The highest BCUT2D eigenvalue weighted by atomic mass is 35.5. The normalized spacial score (nSPS) is 16.4. The van der Waals surface area contributed by atoms with Crippen LogP contribution in [0.5, 0.6) is 5.75 Å². The Balaban J connectivity index is 1.46. The van der Waals surface area contributed by atoms with E-state index in [0.29, 0.717) is 28.2 Å². The van der Waals surface area contributed by atoms with Gasteiger partial charge in [-0.3, -0.25) is 0 Å². The molecule has 7 heteroatoms. The number of methoxy groups -OCH3 is 1. The Morgan fingerprint density at radius 1 is 1.19 bits per heavy atom. The summed E-state index contributed by atoms with van der Waals surface area (Å²) in [5, 5.41) is 6.57. The van der Waals surface area contributed by atoms with Crippen LogP contribution < -0.4 is 20.3 Å². The lowest BCUT2D eigenvalue weighted by molar-refractivity contribution is 0.250. The second-order valence-electron chi connectivity index (χ2n) is 6.26. The van der Waals surface area contributed by atoms with E-state index in [4.69, 9.17) is 27.9 Å². The van der Waals surface area contributed by atoms with E-state index in [9.17, 15) is 4.79 Å². The second kappa shape index (κ2) is 8.52. The number of ether oxygens (including phenoxy) is 1. The van der Waals surface area contributed by atoms with Gasteiger partial charge in [-0.05, 0) is 54.8 Å². The summed E-state index contributed by atoms with van der Waals surface area (Å²) >= 11 is 11.8. The van der Waals surface area contributed by atoms with E-state index in [0.717, 1.165) is 25.3 Å². The number of nitrogens with zero attached hydrogens (tertiary/aromatic N) is 1. The van der Waals surface area contributed by atoms with Crippen molar-refractivity contribution in [3.8, 4) is 5.75 Å². The maximum atomic E-state index is 12.1. The van der Waals surface area contributed by atoms with Crippen molar-refractivity contribution in [1.82, 2.24) is 5.32 Å². The van der Waals surface area contributed by atoms with Gasteiger partial charge in [-0.15, -0.1) is 0 Å². The minimum atomic E-state index is -0.244. The maximum Gasteiger partial charge on any atom is 0.319 e. The van der Waals surface area contributed by atoms with E-state index < -0.39 is 0 Å². The maximum absolute atomic E-state index is 12.1. The minimum Gasteiger partial charge on any atom is -0.497 e. The van der Waals surface area contributed by atoms with Gasteiger partial charge in [-0.1, -0.05) is 23.2 Å². The van der Waals surface area contributed by atoms with Gasteiger partial charge in [0, 0.05) is 31.0 Å². The van der Waals surface area contributed by atoms with Crippen molar-refractivity contribution in [3.63, 3.8) is 0 Å². The van der Waals surface area contributed by atoms with Crippen molar-refractivity contribution < 1.29 is 9.53 Å². The molecule has 0 radical (unpaired) electrons. The number of carbonyl (C=O) groups is 1. The van der Waals surface area contributed by atoms with E-state index in [1.165, 1.54) is 5.69 Å². The number of nitrogens with one attached hydrogen (secondary N) is 2. The lowest BCUT2D eigenvalue weighted by atomic mass is 10.1. The van der Waals surface area contributed by atoms with Crippen LogP contribution in [0.1, 0.15) is 6.42 Å². The zero-order valence-corrected chi connectivity index (χ0v) is 16.0. The third-order valence-corrected chi connectivity index (χ3v) is 5.19. The summed E-state index contributed by atoms with van der Waals surface area (Å²) in [6, 6.07) is 12.8. The van der Waals surface area contributed by atoms with Crippen molar-refractivity contribution in [2.45, 2.75) is 6.42 Å². The molecule has 0 bridgehead atoms. The molecular weight excluding hydrogens is 373 g/mol. The summed E-state index contributed by atoms with van der Waals surface area (Å²) in [5.41, 5.74) is 1.79. The molecule has 3 rings (SSSR count). The summed E-state index contributed by atoms with van der Waals surface area (Å²) < 4.78 is 5.19. The van der Waals surface area contributed by atoms with E-state index in [2.05, 4.69) is 27.7 Å². The first-order chi connectivity index (χ1) is 12.5. The highest BCUT2D eigenvalue weighted by molar-refractivity contribution is 6.42. The lowest BCUT2D eigenvalue weighted by Crippen LogP contribution is -2.34. The fourth-order valence-corrected chi connectivity index (χ4v) is 3.31. The molecular formula is C19H21Cl2N3O2. The molecule has 0 aliphatic carbocycles. The lowest BCUT2D eigenvalue weighted by Gasteiger charge is -2.19. The van der Waals surface area contributed by atoms with Crippen molar-refractivity contribution in [1.29, 1.82) is 0 Å². The highest BCUT2D eigenvalue weighted by Gasteiger charge is 2.23. The molecule has 1 heterocycles. The Kier molecular flexibility index (Phi) is 6.12. The van der Waals surface area contributed by atoms with Crippen LogP contribution in [0.3, 0.4) is 0 Å². The molecule has 2 aromatic carbocycles. The number of amides is 2. The second-order valence-corrected chi connectivity index (χ2v) is 7.08. The van der Waals surface area contributed by atoms with Crippen LogP contribution in [0.4, 0.5) is 16.2 Å². The van der Waals surface area contributed by atoms with Gasteiger partial charge in [-0.2, -0.15) is 0 Å². The molecule has 1 unspecified atom stereocenters. The van der Waals surface area contributed by atoms with Crippen molar-refractivity contribution in [3.05, 3.63) is 52.5 Å². The fourth-order valence-electron chi connectivity index (χ4n) is 3.01. The van der Waals surface area contributed by atoms with Crippen LogP contribution in [0.2, 0.25) is 10.0 Å². The molecule has 1 aliphatic heterocycles. The Morgan fingerprint density at radius 3 is 2.65 bits per heavy atom. The smallest absolute Gasteiger partial charge is 0.319 e. The molecule has 138 valence electrons. The number of hydrogen-bond acceptors (Lipinski definition) is 3. The molecule has 2 amide bonds. The van der Waals surface area contributed by atoms with E-state index >= 15 is 0 Å². The molecule has 1 aliphatic rings. The summed E-state index contributed by atoms with van der Waals surface area (Å²) in [5.74, 6) is 1.27. The quantitative estimate of drug-likeness (QED) is 0.776. The average Bonchev–Trinajstić information content (AvgIpc) is 3.12. The van der Waals surface area contributed by atoms with Crippen LogP contribution in [-0.4, -0.2) is 32.8 Å². The van der Waals surface area contributed by atoms with Crippen molar-refractivity contribution in [2.75, 3.05) is 37.0 Å². The number of benzene rings is 2. The highest BCUT2D eigenvalue weighted by Crippen LogP contribution is 2.26. The zero-order valence-electron chi connectivity index (χ0n) is 14.5. The van der Waals surface area contributed by atoms with Gasteiger partial charge in [-0.25, -0.2) is 4.79 Å². The first kappa shape index (κ1) is 18.7. The number of urea groups is 1. The van der Waals surface area contributed by atoms with Crippen LogP contribution in [0.15, 0.2) is 42.5 Å². The van der Waals surface area contributed by atoms with Crippen LogP contribution in [0.25, 0.3) is 0 Å². The predicted octanol–water partition coefficient (Wildman–Crippen LogP) is 4.65.